The van der Waals surface area contributed by atoms with Crippen molar-refractivity contribution < 1.29 is 4.79 Å². The molecule has 0 aliphatic carbocycles. The van der Waals surface area contributed by atoms with E-state index in [0.29, 0.717) is 0 Å². The zero-order chi connectivity index (χ0) is 11.1. The molecule has 0 aromatic heterocycles. The fourth-order valence-corrected chi connectivity index (χ4v) is 1.26. The Kier molecular flexibility index (Phi) is 4.45. The van der Waals surface area contributed by atoms with Gasteiger partial charge in [-0.05, 0) is 29.3 Å². The predicted molar refractivity (Wildman–Crippen MR) is 62.2 cm³/mol. The van der Waals surface area contributed by atoms with Gasteiger partial charge in [0.15, 0.2) is 0 Å². The first-order valence-corrected chi connectivity index (χ1v) is 5.17. The van der Waals surface area contributed by atoms with Crippen molar-refractivity contribution in [2.24, 2.45) is 0 Å². The summed E-state index contributed by atoms with van der Waals surface area (Å²) in [7, 11) is 1.69. The van der Waals surface area contributed by atoms with Crippen LogP contribution in [-0.4, -0.2) is 13.0 Å². The van der Waals surface area contributed by atoms with Crippen LogP contribution in [0.25, 0.3) is 0 Å². The lowest BCUT2D eigenvalue weighted by molar-refractivity contribution is -0.113. The van der Waals surface area contributed by atoms with E-state index in [2.05, 4.69) is 0 Å². The molecule has 3 nitrogen and oxygen atoms in total. The number of rotatable bonds is 3. The topological polar surface area (TPSA) is 44.1 Å². The summed E-state index contributed by atoms with van der Waals surface area (Å²) in [5.74, 6) is -0.149. The molecule has 0 spiro atoms. The summed E-state index contributed by atoms with van der Waals surface area (Å²) >= 11 is 0.927. The third-order valence-corrected chi connectivity index (χ3v) is 2.18. The van der Waals surface area contributed by atoms with Crippen molar-refractivity contribution in [2.75, 3.05) is 11.9 Å². The number of likely N-dealkylation sites (N-methyl/N-ethyl adjacent to an activating group) is 1. The summed E-state index contributed by atoms with van der Waals surface area (Å²) in [5.41, 5.74) is 0.828. The standard InChI is InChI=1S/C11H10N2OS/c1-13(10-5-3-2-4-6-10)11(14)7-8-15-9-12/h2-8H,1H3. The van der Waals surface area contributed by atoms with Gasteiger partial charge in [0, 0.05) is 18.8 Å². The van der Waals surface area contributed by atoms with E-state index < -0.39 is 0 Å². The molecule has 15 heavy (non-hydrogen) atoms. The van der Waals surface area contributed by atoms with Crippen LogP contribution >= 0.6 is 11.8 Å². The molecule has 0 aliphatic heterocycles. The zero-order valence-corrected chi connectivity index (χ0v) is 9.07. The summed E-state index contributed by atoms with van der Waals surface area (Å²) in [6, 6.07) is 9.33. The van der Waals surface area contributed by atoms with E-state index in [-0.39, 0.29) is 5.91 Å². The Morgan fingerprint density at radius 1 is 1.47 bits per heavy atom. The first-order valence-electron chi connectivity index (χ1n) is 4.29. The highest BCUT2D eigenvalue weighted by atomic mass is 32.2. The number of benzene rings is 1. The number of thioether (sulfide) groups is 1. The van der Waals surface area contributed by atoms with Crippen LogP contribution in [0.5, 0.6) is 0 Å². The number of thiocyanates is 1. The van der Waals surface area contributed by atoms with Crippen molar-refractivity contribution >= 4 is 23.4 Å². The van der Waals surface area contributed by atoms with Gasteiger partial charge in [0.1, 0.15) is 5.40 Å². The summed E-state index contributed by atoms with van der Waals surface area (Å²) in [4.78, 5) is 13.1. The van der Waals surface area contributed by atoms with E-state index in [1.165, 1.54) is 16.4 Å². The number of carbonyl (C=O) groups excluding carboxylic acids is 1. The van der Waals surface area contributed by atoms with Gasteiger partial charge >= 0.3 is 0 Å². The molecule has 1 aromatic carbocycles. The molecule has 1 rings (SSSR count). The number of hydrogen-bond donors (Lipinski definition) is 0. The molecule has 0 saturated carbocycles. The molecule has 1 amide bonds. The van der Waals surface area contributed by atoms with Gasteiger partial charge in [0.2, 0.25) is 0 Å². The summed E-state index contributed by atoms with van der Waals surface area (Å²) < 4.78 is 0. The van der Waals surface area contributed by atoms with Crippen LogP contribution in [0.15, 0.2) is 41.8 Å². The Labute approximate surface area is 93.0 Å². The third-order valence-electron chi connectivity index (χ3n) is 1.81. The molecular formula is C11H10N2OS. The van der Waals surface area contributed by atoms with Crippen LogP contribution in [0, 0.1) is 10.7 Å². The maximum Gasteiger partial charge on any atom is 0.251 e. The van der Waals surface area contributed by atoms with Gasteiger partial charge in [-0.2, -0.15) is 5.26 Å². The third kappa shape index (κ3) is 3.49. The Morgan fingerprint density at radius 2 is 2.13 bits per heavy atom. The molecule has 4 heteroatoms. The Hall–Kier alpha value is -1.73. The minimum absolute atomic E-state index is 0.149. The number of nitrogens with zero attached hydrogens (tertiary/aromatic N) is 2. The first-order chi connectivity index (χ1) is 7.25. The number of anilines is 1. The number of para-hydroxylation sites is 1. The molecule has 0 bridgehead atoms. The fourth-order valence-electron chi connectivity index (χ4n) is 1.01. The second-order valence-electron chi connectivity index (χ2n) is 2.74. The number of hydrogen-bond acceptors (Lipinski definition) is 3. The lowest BCUT2D eigenvalue weighted by Crippen LogP contribution is -2.23. The van der Waals surface area contributed by atoms with E-state index in [1.54, 1.807) is 7.05 Å². The lowest BCUT2D eigenvalue weighted by Gasteiger charge is -2.14. The molecular weight excluding hydrogens is 208 g/mol. The average Bonchev–Trinajstić information content (AvgIpc) is 2.29. The monoisotopic (exact) mass is 218 g/mol. The van der Waals surface area contributed by atoms with E-state index in [1.807, 2.05) is 35.7 Å². The Morgan fingerprint density at radius 3 is 2.73 bits per heavy atom. The van der Waals surface area contributed by atoms with E-state index in [0.717, 1.165) is 17.4 Å². The van der Waals surface area contributed by atoms with Gasteiger partial charge in [-0.1, -0.05) is 18.2 Å². The summed E-state index contributed by atoms with van der Waals surface area (Å²) in [6.07, 6.45) is 1.38. The minimum Gasteiger partial charge on any atom is -0.312 e. The Bertz CT molecular complexity index is 395. The Balaban J connectivity index is 2.66. The van der Waals surface area contributed by atoms with Crippen molar-refractivity contribution in [1.29, 1.82) is 5.26 Å². The predicted octanol–water partition coefficient (Wildman–Crippen LogP) is 2.38. The molecule has 0 heterocycles. The summed E-state index contributed by atoms with van der Waals surface area (Å²) in [5, 5.41) is 11.6. The molecule has 0 atom stereocenters. The van der Waals surface area contributed by atoms with Gasteiger partial charge in [0.05, 0.1) is 0 Å². The SMILES string of the molecule is CN(C(=O)C=CSC#N)c1ccccc1. The molecule has 0 radical (unpaired) electrons. The molecule has 0 unspecified atom stereocenters. The van der Waals surface area contributed by atoms with Gasteiger partial charge < -0.3 is 4.90 Å². The molecule has 0 aliphatic rings. The van der Waals surface area contributed by atoms with E-state index in [4.69, 9.17) is 5.26 Å². The second-order valence-corrected chi connectivity index (χ2v) is 3.44. The van der Waals surface area contributed by atoms with Crippen molar-refractivity contribution in [3.63, 3.8) is 0 Å². The quantitative estimate of drug-likeness (QED) is 0.578. The maximum absolute atomic E-state index is 11.5. The highest BCUT2D eigenvalue weighted by molar-refractivity contribution is 8.06. The maximum atomic E-state index is 11.5. The van der Waals surface area contributed by atoms with Crippen LogP contribution in [0.3, 0.4) is 0 Å². The van der Waals surface area contributed by atoms with E-state index >= 15 is 0 Å². The van der Waals surface area contributed by atoms with Crippen LogP contribution < -0.4 is 4.90 Å². The van der Waals surface area contributed by atoms with Gasteiger partial charge in [-0.3, -0.25) is 4.79 Å². The smallest absolute Gasteiger partial charge is 0.251 e. The number of carbonyl (C=O) groups is 1. The van der Waals surface area contributed by atoms with Gasteiger partial charge in [0.25, 0.3) is 5.91 Å². The van der Waals surface area contributed by atoms with Crippen LogP contribution in [0.2, 0.25) is 0 Å². The van der Waals surface area contributed by atoms with Crippen LogP contribution in [-0.2, 0) is 4.79 Å². The second kappa shape index (κ2) is 5.89. The summed E-state index contributed by atoms with van der Waals surface area (Å²) in [6.45, 7) is 0. The van der Waals surface area contributed by atoms with Crippen molar-refractivity contribution in [2.45, 2.75) is 0 Å². The highest BCUT2D eigenvalue weighted by Gasteiger charge is 2.05. The highest BCUT2D eigenvalue weighted by Crippen LogP contribution is 2.11. The minimum atomic E-state index is -0.149. The van der Waals surface area contributed by atoms with Gasteiger partial charge in [-0.15, -0.1) is 0 Å². The number of amides is 1. The molecule has 0 saturated heterocycles. The van der Waals surface area contributed by atoms with Crippen LogP contribution in [0.4, 0.5) is 5.69 Å². The average molecular weight is 218 g/mol. The molecule has 1 aromatic rings. The molecule has 0 fully saturated rings. The first kappa shape index (κ1) is 11.3. The fraction of sp³-hybridized carbons (Fsp3) is 0.0909. The largest absolute Gasteiger partial charge is 0.312 e. The lowest BCUT2D eigenvalue weighted by atomic mass is 10.3. The number of nitriles is 1. The van der Waals surface area contributed by atoms with Crippen molar-refractivity contribution in [3.05, 3.63) is 41.8 Å². The van der Waals surface area contributed by atoms with E-state index in [9.17, 15) is 4.79 Å². The normalized spacial score (nSPS) is 9.87. The molecule has 0 N–H and O–H groups in total. The van der Waals surface area contributed by atoms with Crippen molar-refractivity contribution in [3.8, 4) is 5.40 Å². The molecule has 76 valence electrons. The van der Waals surface area contributed by atoms with Gasteiger partial charge in [-0.25, -0.2) is 0 Å². The zero-order valence-electron chi connectivity index (χ0n) is 8.25. The van der Waals surface area contributed by atoms with Crippen LogP contribution in [0.1, 0.15) is 0 Å². The van der Waals surface area contributed by atoms with Crippen molar-refractivity contribution in [1.82, 2.24) is 0 Å².